The van der Waals surface area contributed by atoms with Crippen LogP contribution in [-0.4, -0.2) is 10.4 Å². The van der Waals surface area contributed by atoms with E-state index in [9.17, 15) is 0 Å². The highest BCUT2D eigenvalue weighted by Crippen LogP contribution is 2.17. The lowest BCUT2D eigenvalue weighted by Crippen LogP contribution is -2.36. The minimum absolute atomic E-state index is 0.934. The van der Waals surface area contributed by atoms with Gasteiger partial charge in [-0.05, 0) is 19.1 Å². The maximum absolute atomic E-state index is 4.57. The quantitative estimate of drug-likeness (QED) is 0.665. The Kier molecular flexibility index (Phi) is 2.15. The zero-order valence-corrected chi connectivity index (χ0v) is 10.4. The Balaban J connectivity index is 2.25. The molecule has 0 radical (unpaired) electrons. The van der Waals surface area contributed by atoms with Crippen LogP contribution in [-0.2, 0) is 6.42 Å². The molecule has 0 saturated heterocycles. The van der Waals surface area contributed by atoms with E-state index in [-0.39, 0.29) is 0 Å². The molecule has 1 aliphatic heterocycles. The van der Waals surface area contributed by atoms with Crippen molar-refractivity contribution in [3.05, 3.63) is 47.5 Å². The van der Waals surface area contributed by atoms with Crippen LogP contribution in [0, 0.1) is 13.8 Å². The largest absolute Gasteiger partial charge is 0.293 e. The van der Waals surface area contributed by atoms with E-state index in [4.69, 9.17) is 0 Å². The molecule has 2 aromatic rings. The van der Waals surface area contributed by atoms with Crippen LogP contribution in [0.3, 0.4) is 0 Å². The predicted octanol–water partition coefficient (Wildman–Crippen LogP) is 2.16. The minimum atomic E-state index is 0.934. The van der Waals surface area contributed by atoms with E-state index in [1.54, 1.807) is 0 Å². The molecule has 0 atom stereocenters. The molecule has 3 heteroatoms. The zero-order valence-electron chi connectivity index (χ0n) is 10.4. The van der Waals surface area contributed by atoms with Crippen molar-refractivity contribution in [1.29, 1.82) is 0 Å². The fraction of sp³-hybridized carbons (Fsp3) is 0.286. The van der Waals surface area contributed by atoms with Crippen LogP contribution in [0.25, 0.3) is 5.69 Å². The van der Waals surface area contributed by atoms with Crippen LogP contribution in [0.15, 0.2) is 35.4 Å². The van der Waals surface area contributed by atoms with Gasteiger partial charge >= 0.3 is 0 Å². The zero-order chi connectivity index (χ0) is 12.0. The first-order valence-corrected chi connectivity index (χ1v) is 5.91. The number of hydrogen-bond acceptors (Lipinski definition) is 1. The fourth-order valence-corrected chi connectivity index (χ4v) is 2.44. The second-order valence-electron chi connectivity index (χ2n) is 4.58. The Bertz CT molecular complexity index is 606. The molecule has 17 heavy (non-hydrogen) atoms. The number of rotatable bonds is 1. The lowest BCUT2D eigenvalue weighted by atomic mass is 10.2. The van der Waals surface area contributed by atoms with E-state index in [0.717, 1.165) is 6.42 Å². The predicted molar refractivity (Wildman–Crippen MR) is 67.6 cm³/mol. The number of fused-ring (bicyclic) bond motifs is 1. The summed E-state index contributed by atoms with van der Waals surface area (Å²) in [5, 5.41) is 4.57. The first-order valence-electron chi connectivity index (χ1n) is 5.91. The highest BCUT2D eigenvalue weighted by atomic mass is 15.4. The van der Waals surface area contributed by atoms with Gasteiger partial charge in [-0.2, -0.15) is 4.57 Å². The van der Waals surface area contributed by atoms with Crippen molar-refractivity contribution < 1.29 is 4.57 Å². The van der Waals surface area contributed by atoms with E-state index in [1.807, 2.05) is 6.07 Å². The lowest BCUT2D eigenvalue weighted by molar-refractivity contribution is -0.609. The number of imidazole rings is 1. The fourth-order valence-electron chi connectivity index (χ4n) is 2.44. The molecule has 3 nitrogen and oxygen atoms in total. The molecule has 1 aromatic carbocycles. The highest BCUT2D eigenvalue weighted by Gasteiger charge is 2.31. The van der Waals surface area contributed by atoms with E-state index in [2.05, 4.69) is 59.4 Å². The van der Waals surface area contributed by atoms with Gasteiger partial charge in [0.15, 0.2) is 11.4 Å². The standard InChI is InChI=1S/C14H16N3/c1-10-9-14-16(13-7-5-4-6-8-13)11(2)12(3)17(14)15-10/h4-8H,9H2,1-3H3/q+1. The Hall–Kier alpha value is -1.90. The average Bonchev–Trinajstić information content (AvgIpc) is 2.80. The van der Waals surface area contributed by atoms with E-state index in [0.29, 0.717) is 0 Å². The van der Waals surface area contributed by atoms with Crippen molar-refractivity contribution in [3.63, 3.8) is 0 Å². The van der Waals surface area contributed by atoms with Crippen LogP contribution in [0.1, 0.15) is 24.1 Å². The first-order chi connectivity index (χ1) is 8.18. The molecule has 0 aliphatic carbocycles. The molecule has 0 N–H and O–H groups in total. The second kappa shape index (κ2) is 3.55. The maximum atomic E-state index is 4.57. The maximum Gasteiger partial charge on any atom is 0.293 e. The smallest absolute Gasteiger partial charge is 0.195 e. The van der Waals surface area contributed by atoms with Gasteiger partial charge in [-0.1, -0.05) is 23.3 Å². The number of benzene rings is 1. The summed E-state index contributed by atoms with van der Waals surface area (Å²) >= 11 is 0. The van der Waals surface area contributed by atoms with E-state index in [1.165, 1.54) is 28.6 Å². The SMILES string of the molecule is CC1=Nn2c(C)c(C)[n+](-c3ccccc3)c2C1. The summed E-state index contributed by atoms with van der Waals surface area (Å²) in [5.74, 6) is 1.25. The monoisotopic (exact) mass is 226 g/mol. The lowest BCUT2D eigenvalue weighted by Gasteiger charge is -2.00. The van der Waals surface area contributed by atoms with Gasteiger partial charge in [0.05, 0.1) is 12.1 Å². The van der Waals surface area contributed by atoms with Crippen LogP contribution in [0.5, 0.6) is 0 Å². The molecule has 3 rings (SSSR count). The molecule has 1 aliphatic rings. The normalized spacial score (nSPS) is 13.7. The van der Waals surface area contributed by atoms with Crippen molar-refractivity contribution in [2.24, 2.45) is 5.10 Å². The summed E-state index contributed by atoms with van der Waals surface area (Å²) < 4.78 is 4.37. The average molecular weight is 226 g/mol. The number of aromatic nitrogens is 2. The van der Waals surface area contributed by atoms with Gasteiger partial charge in [-0.3, -0.25) is 0 Å². The molecule has 2 heterocycles. The summed E-state index contributed by atoms with van der Waals surface area (Å²) in [6.45, 7) is 6.36. The molecule has 0 bridgehead atoms. The van der Waals surface area contributed by atoms with Crippen LogP contribution in [0.4, 0.5) is 0 Å². The molecule has 0 fully saturated rings. The number of hydrogen-bond donors (Lipinski definition) is 0. The van der Waals surface area contributed by atoms with Crippen molar-refractivity contribution in [3.8, 4) is 5.69 Å². The van der Waals surface area contributed by atoms with Gasteiger partial charge in [-0.15, -0.1) is 4.68 Å². The van der Waals surface area contributed by atoms with Crippen LogP contribution < -0.4 is 4.57 Å². The van der Waals surface area contributed by atoms with Crippen LogP contribution >= 0.6 is 0 Å². The molecular weight excluding hydrogens is 210 g/mol. The van der Waals surface area contributed by atoms with Crippen molar-refractivity contribution in [1.82, 2.24) is 4.68 Å². The van der Waals surface area contributed by atoms with E-state index >= 15 is 0 Å². The summed E-state index contributed by atoms with van der Waals surface area (Å²) in [7, 11) is 0. The summed E-state index contributed by atoms with van der Waals surface area (Å²) in [6, 6.07) is 10.5. The van der Waals surface area contributed by atoms with Gasteiger partial charge < -0.3 is 0 Å². The first kappa shape index (κ1) is 10.3. The third kappa shape index (κ3) is 1.42. The van der Waals surface area contributed by atoms with E-state index < -0.39 is 0 Å². The molecule has 0 saturated carbocycles. The van der Waals surface area contributed by atoms with Crippen molar-refractivity contribution in [2.45, 2.75) is 27.2 Å². The molecule has 86 valence electrons. The Morgan fingerprint density at radius 3 is 2.53 bits per heavy atom. The van der Waals surface area contributed by atoms with Gasteiger partial charge in [0.25, 0.3) is 5.82 Å². The minimum Gasteiger partial charge on any atom is -0.195 e. The van der Waals surface area contributed by atoms with Gasteiger partial charge in [-0.25, -0.2) is 0 Å². The van der Waals surface area contributed by atoms with Gasteiger partial charge in [0, 0.05) is 13.8 Å². The third-order valence-electron chi connectivity index (χ3n) is 3.38. The Labute approximate surface area is 101 Å². The number of nitrogens with zero attached hydrogens (tertiary/aromatic N) is 3. The summed E-state index contributed by atoms with van der Waals surface area (Å²) in [6.07, 6.45) is 0.934. The Morgan fingerprint density at radius 2 is 1.82 bits per heavy atom. The highest BCUT2D eigenvalue weighted by molar-refractivity contribution is 5.84. The number of para-hydroxylation sites is 1. The van der Waals surface area contributed by atoms with Gasteiger partial charge in [0.1, 0.15) is 5.69 Å². The second-order valence-corrected chi connectivity index (χ2v) is 4.58. The molecule has 1 aromatic heterocycles. The molecule has 0 spiro atoms. The van der Waals surface area contributed by atoms with Crippen molar-refractivity contribution in [2.75, 3.05) is 0 Å². The molecule has 0 unspecified atom stereocenters. The molecule has 0 amide bonds. The Morgan fingerprint density at radius 1 is 1.12 bits per heavy atom. The summed E-state index contributed by atoms with van der Waals surface area (Å²) in [4.78, 5) is 0. The van der Waals surface area contributed by atoms with Gasteiger partial charge in [0.2, 0.25) is 0 Å². The van der Waals surface area contributed by atoms with Crippen molar-refractivity contribution >= 4 is 5.71 Å². The third-order valence-corrected chi connectivity index (χ3v) is 3.38. The topological polar surface area (TPSA) is 21.2 Å². The molecular formula is C14H16N3+. The summed E-state index contributed by atoms with van der Waals surface area (Å²) in [5.41, 5.74) is 4.88. The van der Waals surface area contributed by atoms with Crippen LogP contribution in [0.2, 0.25) is 0 Å².